The van der Waals surface area contributed by atoms with Crippen molar-refractivity contribution in [3.63, 3.8) is 0 Å². The molecular formula is C19H34O12. The zero-order chi connectivity index (χ0) is 23.1. The lowest BCUT2D eigenvalue weighted by Crippen LogP contribution is -2.64. The Hall–Kier alpha value is -0.930. The van der Waals surface area contributed by atoms with Gasteiger partial charge in [0.1, 0.15) is 55.4 Å². The average Bonchev–Trinajstić information content (AvgIpc) is 2.76. The zero-order valence-electron chi connectivity index (χ0n) is 17.4. The molecule has 2 heterocycles. The summed E-state index contributed by atoms with van der Waals surface area (Å²) in [5, 5.41) is 69.4. The maximum Gasteiger partial charge on any atom is 0.305 e. The summed E-state index contributed by atoms with van der Waals surface area (Å²) in [5.74, 6) is -0.501. The van der Waals surface area contributed by atoms with Crippen molar-refractivity contribution in [2.45, 2.75) is 100 Å². The first-order valence-electron chi connectivity index (χ1n) is 10.5. The molecule has 12 heteroatoms. The highest BCUT2D eigenvalue weighted by Gasteiger charge is 2.50. The number of aliphatic hydroxyl groups is 7. The molecule has 2 aliphatic heterocycles. The molecule has 182 valence electrons. The fourth-order valence-electron chi connectivity index (χ4n) is 3.50. The van der Waals surface area contributed by atoms with Crippen molar-refractivity contribution >= 4 is 5.97 Å². The molecule has 0 aromatic rings. The normalized spacial score (nSPS) is 41.2. The molecule has 0 aromatic carbocycles. The van der Waals surface area contributed by atoms with Gasteiger partial charge in [-0.3, -0.25) is 4.79 Å². The Bertz CT molecular complexity index is 546. The van der Waals surface area contributed by atoms with Crippen LogP contribution in [-0.4, -0.2) is 116 Å². The summed E-state index contributed by atoms with van der Waals surface area (Å²) < 4.78 is 20.9. The van der Waals surface area contributed by atoms with Gasteiger partial charge in [0.05, 0.1) is 6.61 Å². The predicted molar refractivity (Wildman–Crippen MR) is 101 cm³/mol. The van der Waals surface area contributed by atoms with E-state index in [4.69, 9.17) is 18.9 Å². The molecule has 0 saturated carbocycles. The zero-order valence-corrected chi connectivity index (χ0v) is 17.4. The van der Waals surface area contributed by atoms with E-state index in [2.05, 4.69) is 0 Å². The molecule has 2 rings (SSSR count). The van der Waals surface area contributed by atoms with Crippen molar-refractivity contribution in [2.75, 3.05) is 13.2 Å². The molecule has 0 spiro atoms. The average molecular weight is 454 g/mol. The van der Waals surface area contributed by atoms with Crippen LogP contribution < -0.4 is 0 Å². The Morgan fingerprint density at radius 2 is 1.55 bits per heavy atom. The van der Waals surface area contributed by atoms with Gasteiger partial charge in [-0.15, -0.1) is 0 Å². The maximum absolute atomic E-state index is 11.9. The third-order valence-electron chi connectivity index (χ3n) is 5.44. The molecule has 2 fully saturated rings. The maximum atomic E-state index is 11.9. The molecule has 7 N–H and O–H groups in total. The van der Waals surface area contributed by atoms with E-state index in [-0.39, 0.29) is 6.42 Å². The molecule has 0 unspecified atom stereocenters. The Kier molecular flexibility index (Phi) is 10.5. The van der Waals surface area contributed by atoms with E-state index < -0.39 is 80.6 Å². The first-order chi connectivity index (χ1) is 14.7. The van der Waals surface area contributed by atoms with Gasteiger partial charge in [0.2, 0.25) is 0 Å². The second kappa shape index (κ2) is 12.3. The third kappa shape index (κ3) is 6.78. The monoisotopic (exact) mass is 454 g/mol. The number of aliphatic hydroxyl groups excluding tert-OH is 7. The molecule has 0 radical (unpaired) electrons. The molecule has 0 aromatic heterocycles. The van der Waals surface area contributed by atoms with Crippen LogP contribution in [0.1, 0.15) is 39.0 Å². The van der Waals surface area contributed by atoms with Gasteiger partial charge in [-0.25, -0.2) is 0 Å². The van der Waals surface area contributed by atoms with Crippen molar-refractivity contribution < 1.29 is 59.5 Å². The van der Waals surface area contributed by atoms with Gasteiger partial charge in [-0.05, 0) is 6.42 Å². The lowest BCUT2D eigenvalue weighted by Gasteiger charge is -2.45. The Labute approximate surface area is 179 Å². The highest BCUT2D eigenvalue weighted by Crippen LogP contribution is 2.28. The number of unbranched alkanes of at least 4 members (excludes halogenated alkanes) is 3. The number of hydrogen-bond acceptors (Lipinski definition) is 12. The fraction of sp³-hybridized carbons (Fsp3) is 0.947. The Balaban J connectivity index is 1.96. The highest BCUT2D eigenvalue weighted by molar-refractivity contribution is 5.69. The number of ether oxygens (including phenoxy) is 4. The summed E-state index contributed by atoms with van der Waals surface area (Å²) in [7, 11) is 0. The summed E-state index contributed by atoms with van der Waals surface area (Å²) in [6, 6.07) is 0. The largest absolute Gasteiger partial charge is 0.463 e. The molecular weight excluding hydrogens is 420 g/mol. The van der Waals surface area contributed by atoms with Crippen LogP contribution in [0.5, 0.6) is 0 Å². The molecule has 2 saturated heterocycles. The summed E-state index contributed by atoms with van der Waals surface area (Å²) in [6.07, 6.45) is -12.1. The van der Waals surface area contributed by atoms with Gasteiger partial charge >= 0.3 is 5.97 Å². The van der Waals surface area contributed by atoms with Gasteiger partial charge in [0.25, 0.3) is 0 Å². The second-order valence-electron chi connectivity index (χ2n) is 7.84. The first-order valence-corrected chi connectivity index (χ1v) is 10.5. The summed E-state index contributed by atoms with van der Waals surface area (Å²) in [6.45, 7) is 0.937. The lowest BCUT2D eigenvalue weighted by atomic mass is 9.97. The van der Waals surface area contributed by atoms with Gasteiger partial charge in [0.15, 0.2) is 12.6 Å². The van der Waals surface area contributed by atoms with Crippen LogP contribution in [0.25, 0.3) is 0 Å². The van der Waals surface area contributed by atoms with E-state index in [1.807, 2.05) is 6.92 Å². The lowest BCUT2D eigenvalue weighted by molar-refractivity contribution is -0.355. The van der Waals surface area contributed by atoms with Crippen molar-refractivity contribution in [3.8, 4) is 0 Å². The van der Waals surface area contributed by atoms with E-state index in [0.717, 1.165) is 19.3 Å². The quantitative estimate of drug-likeness (QED) is 0.132. The van der Waals surface area contributed by atoms with Gasteiger partial charge in [-0.1, -0.05) is 26.2 Å². The van der Waals surface area contributed by atoms with Crippen molar-refractivity contribution in [2.24, 2.45) is 0 Å². The van der Waals surface area contributed by atoms with E-state index >= 15 is 0 Å². The molecule has 12 nitrogen and oxygen atoms in total. The second-order valence-corrected chi connectivity index (χ2v) is 7.84. The number of esters is 1. The minimum Gasteiger partial charge on any atom is -0.463 e. The van der Waals surface area contributed by atoms with Crippen LogP contribution in [0.4, 0.5) is 0 Å². The van der Waals surface area contributed by atoms with Crippen molar-refractivity contribution in [1.29, 1.82) is 0 Å². The van der Waals surface area contributed by atoms with Crippen LogP contribution in [0.3, 0.4) is 0 Å². The minimum atomic E-state index is -1.76. The smallest absolute Gasteiger partial charge is 0.305 e. The first kappa shape index (κ1) is 26.3. The summed E-state index contributed by atoms with van der Waals surface area (Å²) >= 11 is 0. The van der Waals surface area contributed by atoms with Crippen LogP contribution >= 0.6 is 0 Å². The van der Waals surface area contributed by atoms with E-state index in [9.17, 15) is 40.5 Å². The molecule has 0 bridgehead atoms. The number of hydrogen-bond donors (Lipinski definition) is 7. The standard InChI is InChI=1S/C19H34O12/c1-2-3-4-5-6-11(21)28-8-10-12(22)13(23)16(26)19(30-10)31-17-9(7-20)29-18(27)15(25)14(17)24/h9-10,12-20,22-27H,2-8H2,1H3/t9-,10-,12-,13+,14-,15-,16-,17-,18-,19-/m1/s1. The Morgan fingerprint density at radius 1 is 0.839 bits per heavy atom. The van der Waals surface area contributed by atoms with E-state index in [0.29, 0.717) is 6.42 Å². The minimum absolute atomic E-state index is 0.192. The SMILES string of the molecule is CCCCCCC(=O)OC[C@H]1O[C@H](O[C@H]2[C@H](O)[C@@H](O)[C@H](O)O[C@@H]2CO)[C@H](O)[C@@H](O)[C@@H]1O. The summed E-state index contributed by atoms with van der Waals surface area (Å²) in [5.41, 5.74) is 0. The molecule has 0 aliphatic carbocycles. The van der Waals surface area contributed by atoms with E-state index in [1.54, 1.807) is 0 Å². The number of carbonyl (C=O) groups is 1. The molecule has 2 aliphatic rings. The van der Waals surface area contributed by atoms with Gasteiger partial charge in [0, 0.05) is 6.42 Å². The summed E-state index contributed by atoms with van der Waals surface area (Å²) in [4.78, 5) is 11.9. The van der Waals surface area contributed by atoms with Gasteiger partial charge < -0.3 is 54.7 Å². The third-order valence-corrected chi connectivity index (χ3v) is 5.44. The van der Waals surface area contributed by atoms with Crippen molar-refractivity contribution in [3.05, 3.63) is 0 Å². The van der Waals surface area contributed by atoms with Crippen LogP contribution in [0.15, 0.2) is 0 Å². The topological polar surface area (TPSA) is 196 Å². The highest BCUT2D eigenvalue weighted by atomic mass is 16.7. The van der Waals surface area contributed by atoms with Crippen LogP contribution in [-0.2, 0) is 23.7 Å². The molecule has 10 atom stereocenters. The predicted octanol–water partition coefficient (Wildman–Crippen LogP) is -2.88. The Morgan fingerprint density at radius 3 is 2.19 bits per heavy atom. The van der Waals surface area contributed by atoms with Gasteiger partial charge in [-0.2, -0.15) is 0 Å². The molecule has 0 amide bonds. The molecule has 31 heavy (non-hydrogen) atoms. The number of rotatable bonds is 10. The fourth-order valence-corrected chi connectivity index (χ4v) is 3.50. The van der Waals surface area contributed by atoms with Crippen LogP contribution in [0.2, 0.25) is 0 Å². The van der Waals surface area contributed by atoms with Crippen LogP contribution in [0, 0.1) is 0 Å². The van der Waals surface area contributed by atoms with E-state index in [1.165, 1.54) is 0 Å². The van der Waals surface area contributed by atoms with Crippen molar-refractivity contribution in [1.82, 2.24) is 0 Å². The number of carbonyl (C=O) groups excluding carboxylic acids is 1.